The number of sulfonamides is 1. The van der Waals surface area contributed by atoms with E-state index in [0.29, 0.717) is 17.1 Å². The monoisotopic (exact) mass is 377 g/mol. The highest BCUT2D eigenvalue weighted by Gasteiger charge is 2.27. The van der Waals surface area contributed by atoms with Crippen LogP contribution >= 0.6 is 11.3 Å². The lowest BCUT2D eigenvalue weighted by atomic mass is 10.2. The first kappa shape index (κ1) is 17.7. The molecule has 25 heavy (non-hydrogen) atoms. The van der Waals surface area contributed by atoms with E-state index in [9.17, 15) is 8.42 Å². The molecule has 3 aromatic rings. The lowest BCUT2D eigenvalue weighted by Crippen LogP contribution is -2.30. The summed E-state index contributed by atoms with van der Waals surface area (Å²) in [5, 5.41) is 3.89. The topological polar surface area (TPSA) is 59.8 Å². The molecule has 0 aliphatic carbocycles. The van der Waals surface area contributed by atoms with Crippen LogP contribution in [0.25, 0.3) is 0 Å². The summed E-state index contributed by atoms with van der Waals surface area (Å²) in [6.07, 6.45) is 1.54. The Balaban J connectivity index is 1.98. The molecule has 0 fully saturated rings. The summed E-state index contributed by atoms with van der Waals surface area (Å²) in [7, 11) is -2.13. The molecule has 0 spiro atoms. The number of hydrogen-bond acceptors (Lipinski definition) is 5. The van der Waals surface area contributed by atoms with Gasteiger partial charge in [-0.25, -0.2) is 8.42 Å². The van der Waals surface area contributed by atoms with Crippen molar-refractivity contribution < 1.29 is 17.6 Å². The van der Waals surface area contributed by atoms with Crippen LogP contribution in [-0.4, -0.2) is 19.8 Å². The highest BCUT2D eigenvalue weighted by molar-refractivity contribution is 7.89. The third kappa shape index (κ3) is 3.95. The van der Waals surface area contributed by atoms with E-state index >= 15 is 0 Å². The van der Waals surface area contributed by atoms with Gasteiger partial charge in [0.1, 0.15) is 11.5 Å². The Kier molecular flexibility index (Phi) is 5.27. The van der Waals surface area contributed by atoms with Gasteiger partial charge in [-0.2, -0.15) is 15.6 Å². The Labute approximate surface area is 151 Å². The molecule has 0 unspecified atom stereocenters. The summed E-state index contributed by atoms with van der Waals surface area (Å²) >= 11 is 1.54. The first-order valence-corrected chi connectivity index (χ1v) is 10.1. The minimum absolute atomic E-state index is 0.177. The average Bonchev–Trinajstić information content (AvgIpc) is 3.27. The fourth-order valence-electron chi connectivity index (χ4n) is 2.57. The van der Waals surface area contributed by atoms with Crippen LogP contribution < -0.4 is 4.74 Å². The van der Waals surface area contributed by atoms with Crippen LogP contribution in [0, 0.1) is 6.92 Å². The van der Waals surface area contributed by atoms with Crippen molar-refractivity contribution in [1.82, 2.24) is 4.31 Å². The molecule has 0 atom stereocenters. The summed E-state index contributed by atoms with van der Waals surface area (Å²) in [6, 6.07) is 10.4. The van der Waals surface area contributed by atoms with Crippen molar-refractivity contribution in [2.75, 3.05) is 7.11 Å². The van der Waals surface area contributed by atoms with Gasteiger partial charge in [0.15, 0.2) is 0 Å². The van der Waals surface area contributed by atoms with Gasteiger partial charge < -0.3 is 9.15 Å². The second-order valence-corrected chi connectivity index (χ2v) is 8.30. The number of benzene rings is 1. The quantitative estimate of drug-likeness (QED) is 0.623. The minimum atomic E-state index is -3.69. The van der Waals surface area contributed by atoms with Gasteiger partial charge >= 0.3 is 0 Å². The minimum Gasteiger partial charge on any atom is -0.497 e. The molecule has 2 aromatic heterocycles. The molecule has 5 nitrogen and oxygen atoms in total. The van der Waals surface area contributed by atoms with E-state index in [-0.39, 0.29) is 18.0 Å². The molecule has 1 aromatic carbocycles. The highest BCUT2D eigenvalue weighted by Crippen LogP contribution is 2.27. The van der Waals surface area contributed by atoms with E-state index in [1.807, 2.05) is 16.8 Å². The zero-order valence-electron chi connectivity index (χ0n) is 14.0. The van der Waals surface area contributed by atoms with Crippen molar-refractivity contribution in [1.29, 1.82) is 0 Å². The molecule has 132 valence electrons. The number of thiophene rings is 1. The summed E-state index contributed by atoms with van der Waals surface area (Å²) in [6.45, 7) is 2.24. The van der Waals surface area contributed by atoms with Gasteiger partial charge in [0, 0.05) is 6.54 Å². The molecule has 0 bridgehead atoms. The molecular formula is C18H19NO4S2. The number of methoxy groups -OCH3 is 1. The summed E-state index contributed by atoms with van der Waals surface area (Å²) in [5.41, 5.74) is 1.60. The maximum absolute atomic E-state index is 13.3. The Morgan fingerprint density at radius 2 is 2.04 bits per heavy atom. The number of ether oxygens (including phenoxy) is 1. The zero-order valence-corrected chi connectivity index (χ0v) is 15.6. The molecule has 0 amide bonds. The molecule has 0 aliphatic heterocycles. The predicted molar refractivity (Wildman–Crippen MR) is 97.2 cm³/mol. The van der Waals surface area contributed by atoms with Gasteiger partial charge in [-0.1, -0.05) is 0 Å². The van der Waals surface area contributed by atoms with E-state index in [1.165, 1.54) is 4.31 Å². The maximum atomic E-state index is 13.3. The normalized spacial score (nSPS) is 11.8. The van der Waals surface area contributed by atoms with Gasteiger partial charge in [0.25, 0.3) is 0 Å². The average molecular weight is 377 g/mol. The van der Waals surface area contributed by atoms with Gasteiger partial charge in [-0.15, -0.1) is 0 Å². The van der Waals surface area contributed by atoms with Crippen molar-refractivity contribution >= 4 is 21.4 Å². The molecular weight excluding hydrogens is 358 g/mol. The lowest BCUT2D eigenvalue weighted by molar-refractivity contribution is 0.358. The number of hydrogen-bond donors (Lipinski definition) is 0. The third-order valence-electron chi connectivity index (χ3n) is 3.85. The van der Waals surface area contributed by atoms with Crippen LogP contribution in [0.1, 0.15) is 16.9 Å². The number of nitrogens with zero attached hydrogens (tertiary/aromatic N) is 1. The lowest BCUT2D eigenvalue weighted by Gasteiger charge is -2.22. The van der Waals surface area contributed by atoms with E-state index in [4.69, 9.17) is 9.15 Å². The standard InChI is InChI=1S/C18H19NO4S2/c1-14-10-16(22-2)5-6-18(14)25(20,21)19(11-15-7-9-24-13-15)12-17-4-3-8-23-17/h3-10,13H,11-12H2,1-2H3. The van der Waals surface area contributed by atoms with Gasteiger partial charge in [-0.05, 0) is 65.2 Å². The maximum Gasteiger partial charge on any atom is 0.244 e. The first-order valence-electron chi connectivity index (χ1n) is 7.69. The largest absolute Gasteiger partial charge is 0.497 e. The zero-order chi connectivity index (χ0) is 17.9. The Morgan fingerprint density at radius 3 is 2.64 bits per heavy atom. The highest BCUT2D eigenvalue weighted by atomic mass is 32.2. The molecule has 0 saturated carbocycles. The van der Waals surface area contributed by atoms with Crippen molar-refractivity contribution in [3.63, 3.8) is 0 Å². The van der Waals surface area contributed by atoms with E-state index in [0.717, 1.165) is 5.56 Å². The second-order valence-electron chi connectivity index (χ2n) is 5.62. The number of furan rings is 1. The summed E-state index contributed by atoms with van der Waals surface area (Å²) < 4.78 is 38.5. The number of aryl methyl sites for hydroxylation is 1. The fraction of sp³-hybridized carbons (Fsp3) is 0.222. The molecule has 2 heterocycles. The molecule has 0 aliphatic rings. The Bertz CT molecular complexity index is 880. The smallest absolute Gasteiger partial charge is 0.244 e. The third-order valence-corrected chi connectivity index (χ3v) is 6.54. The van der Waals surface area contributed by atoms with Gasteiger partial charge in [0.2, 0.25) is 10.0 Å². The van der Waals surface area contributed by atoms with Crippen LogP contribution in [0.3, 0.4) is 0 Å². The van der Waals surface area contributed by atoms with Crippen LogP contribution in [0.15, 0.2) is 62.7 Å². The molecule has 7 heteroatoms. The molecule has 0 radical (unpaired) electrons. The van der Waals surface area contributed by atoms with Crippen LogP contribution in [0.2, 0.25) is 0 Å². The van der Waals surface area contributed by atoms with Crippen molar-refractivity contribution in [2.24, 2.45) is 0 Å². The van der Waals surface area contributed by atoms with Crippen LogP contribution in [0.4, 0.5) is 0 Å². The van der Waals surface area contributed by atoms with Crippen LogP contribution in [0.5, 0.6) is 5.75 Å². The molecule has 3 rings (SSSR count). The molecule has 0 saturated heterocycles. The Morgan fingerprint density at radius 1 is 1.20 bits per heavy atom. The SMILES string of the molecule is COc1ccc(S(=O)(=O)N(Cc2ccsc2)Cc2ccco2)c(C)c1. The van der Waals surface area contributed by atoms with Gasteiger partial charge in [0.05, 0.1) is 24.8 Å². The first-order chi connectivity index (χ1) is 12.0. The number of rotatable bonds is 7. The molecule has 0 N–H and O–H groups in total. The van der Waals surface area contributed by atoms with E-state index in [2.05, 4.69) is 0 Å². The fourth-order valence-corrected chi connectivity index (χ4v) is 4.83. The van der Waals surface area contributed by atoms with Crippen LogP contribution in [-0.2, 0) is 23.1 Å². The second kappa shape index (κ2) is 7.43. The van der Waals surface area contributed by atoms with E-state index in [1.54, 1.807) is 62.0 Å². The van der Waals surface area contributed by atoms with Crippen molar-refractivity contribution in [3.05, 3.63) is 70.3 Å². The Hall–Kier alpha value is -2.09. The van der Waals surface area contributed by atoms with Crippen molar-refractivity contribution in [3.8, 4) is 5.75 Å². The summed E-state index contributed by atoms with van der Waals surface area (Å²) in [4.78, 5) is 0.273. The van der Waals surface area contributed by atoms with E-state index < -0.39 is 10.0 Å². The van der Waals surface area contributed by atoms with Crippen molar-refractivity contribution in [2.45, 2.75) is 24.9 Å². The summed E-state index contributed by atoms with van der Waals surface area (Å²) in [5.74, 6) is 1.23. The van der Waals surface area contributed by atoms with Gasteiger partial charge in [-0.3, -0.25) is 0 Å². The predicted octanol–water partition coefficient (Wildman–Crippen LogP) is 4.05.